The van der Waals surface area contributed by atoms with E-state index in [1.165, 1.54) is 26.4 Å². The van der Waals surface area contributed by atoms with Crippen molar-refractivity contribution in [2.24, 2.45) is 5.73 Å². The number of nitrogens with one attached hydrogen (secondary N) is 2. The summed E-state index contributed by atoms with van der Waals surface area (Å²) in [6.07, 6.45) is 2.60. The number of carbonyl (C=O) groups is 3. The molecule has 6 rings (SSSR count). The maximum Gasteiger partial charge on any atom is 0.303 e. The lowest BCUT2D eigenvalue weighted by molar-refractivity contribution is -0.139. The molecule has 5 N–H and O–H groups in total. The van der Waals surface area contributed by atoms with Crippen molar-refractivity contribution in [1.29, 1.82) is 0 Å². The number of nitrogens with two attached hydrogens (primary N) is 1. The average Bonchev–Trinajstić information content (AvgIpc) is 3.88. The minimum absolute atomic E-state index is 0.0476. The number of benzene rings is 2. The van der Waals surface area contributed by atoms with E-state index in [1.54, 1.807) is 41.8 Å². The number of methoxy groups -OCH3 is 2. The molecular formula is C38H43F2N7O8S. The van der Waals surface area contributed by atoms with Crippen LogP contribution in [0.3, 0.4) is 0 Å². The number of aromatic nitrogens is 4. The number of alkyl halides is 2. The topological polar surface area (TPSA) is 196 Å². The van der Waals surface area contributed by atoms with Gasteiger partial charge in [-0.15, -0.1) is 11.3 Å². The van der Waals surface area contributed by atoms with E-state index in [1.807, 2.05) is 0 Å². The molecule has 0 aliphatic carbocycles. The molecule has 2 amide bonds. The summed E-state index contributed by atoms with van der Waals surface area (Å²) in [5.41, 5.74) is 7.77. The van der Waals surface area contributed by atoms with E-state index in [-0.39, 0.29) is 35.0 Å². The van der Waals surface area contributed by atoms with Crippen LogP contribution in [0, 0.1) is 6.92 Å². The number of thiophene rings is 1. The average molecular weight is 796 g/mol. The number of hydrogen-bond acceptors (Lipinski definition) is 11. The largest absolute Gasteiger partial charge is 0.493 e. The van der Waals surface area contributed by atoms with Gasteiger partial charge in [-0.1, -0.05) is 12.2 Å². The number of H-pyrrole nitrogens is 1. The molecule has 4 heterocycles. The minimum Gasteiger partial charge on any atom is -0.493 e. The van der Waals surface area contributed by atoms with Gasteiger partial charge in [-0.3, -0.25) is 29.7 Å². The van der Waals surface area contributed by atoms with E-state index in [4.69, 9.17) is 24.7 Å². The standard InChI is InChI=1S/C38H43F2N7O8S/c1-22-17-27(45-44-22)36(51)43-37-42-26-18-23(35(41)50)19-30(55-14-6-10-46-12-15-54-16-13-46)33(26)47(37)11-5-4-7-24-25-20-28(52-2)29(53-3)21-31(25)56-34(24)38(39,40)9-8-32(48)49/h4-5,17-21H,6-16H2,1-3H3,(H2,41,50)(H,44,45)(H,48,49)(H,42,43,51)/b5-4+. The van der Waals surface area contributed by atoms with Gasteiger partial charge in [-0.2, -0.15) is 5.10 Å². The number of imidazole rings is 1. The van der Waals surface area contributed by atoms with Gasteiger partial charge in [0.2, 0.25) is 11.9 Å². The Balaban J connectivity index is 1.35. The molecule has 1 saturated heterocycles. The number of rotatable bonds is 18. The van der Waals surface area contributed by atoms with Crippen LogP contribution in [0.15, 0.2) is 42.5 Å². The fraction of sp³-hybridized carbons (Fsp3) is 0.395. The molecule has 2 aromatic carbocycles. The van der Waals surface area contributed by atoms with E-state index in [0.717, 1.165) is 31.0 Å². The minimum atomic E-state index is -3.43. The van der Waals surface area contributed by atoms with Gasteiger partial charge in [0.25, 0.3) is 11.8 Å². The number of aromatic amines is 1. The number of carboxylic acid groups (broad SMARTS) is 1. The summed E-state index contributed by atoms with van der Waals surface area (Å²) in [5.74, 6) is -4.79. The van der Waals surface area contributed by atoms with Crippen molar-refractivity contribution in [3.05, 3.63) is 69.9 Å². The van der Waals surface area contributed by atoms with Crippen LogP contribution in [0.25, 0.3) is 21.1 Å². The predicted octanol–water partition coefficient (Wildman–Crippen LogP) is 5.51. The van der Waals surface area contributed by atoms with Crippen molar-refractivity contribution < 1.29 is 47.2 Å². The first kappa shape index (κ1) is 40.1. The molecule has 56 heavy (non-hydrogen) atoms. The van der Waals surface area contributed by atoms with Crippen LogP contribution in [0.4, 0.5) is 14.7 Å². The second-order valence-electron chi connectivity index (χ2n) is 13.2. The first-order valence-corrected chi connectivity index (χ1v) is 18.7. The number of halogens is 2. The van der Waals surface area contributed by atoms with Crippen LogP contribution < -0.4 is 25.3 Å². The molecule has 1 aliphatic rings. The van der Waals surface area contributed by atoms with E-state index in [2.05, 4.69) is 25.4 Å². The number of aryl methyl sites for hydroxylation is 1. The van der Waals surface area contributed by atoms with Gasteiger partial charge >= 0.3 is 5.97 Å². The van der Waals surface area contributed by atoms with Crippen molar-refractivity contribution >= 4 is 56.2 Å². The highest BCUT2D eigenvalue weighted by Gasteiger charge is 2.37. The van der Waals surface area contributed by atoms with E-state index < -0.39 is 36.5 Å². The molecule has 15 nitrogen and oxygen atoms in total. The molecule has 298 valence electrons. The van der Waals surface area contributed by atoms with Crippen molar-refractivity contribution in [2.75, 3.05) is 59.0 Å². The van der Waals surface area contributed by atoms with Crippen LogP contribution in [0.2, 0.25) is 0 Å². The number of hydrogen-bond donors (Lipinski definition) is 4. The van der Waals surface area contributed by atoms with Crippen molar-refractivity contribution in [2.45, 2.75) is 45.1 Å². The van der Waals surface area contributed by atoms with Gasteiger partial charge in [0.15, 0.2) is 11.5 Å². The Morgan fingerprint density at radius 3 is 2.52 bits per heavy atom. The van der Waals surface area contributed by atoms with E-state index in [0.29, 0.717) is 75.9 Å². The van der Waals surface area contributed by atoms with Gasteiger partial charge in [-0.05, 0) is 49.6 Å². The number of aliphatic carboxylic acids is 1. The lowest BCUT2D eigenvalue weighted by Gasteiger charge is -2.26. The molecule has 1 aliphatic heterocycles. The molecule has 18 heteroatoms. The molecule has 3 aromatic heterocycles. The SMILES string of the molecule is COc1cc2sc(C(F)(F)CCC(=O)O)c(C/C=C/Cn3c(NC(=O)c4cc(C)n[nH]4)nc4cc(C(N)=O)cc(OCCCN5CCOCC5)c43)c2cc1OC. The highest BCUT2D eigenvalue weighted by molar-refractivity contribution is 7.19. The smallest absolute Gasteiger partial charge is 0.303 e. The number of anilines is 1. The molecule has 1 fully saturated rings. The van der Waals surface area contributed by atoms with Crippen molar-refractivity contribution in [1.82, 2.24) is 24.6 Å². The molecular weight excluding hydrogens is 753 g/mol. The number of carboxylic acids is 1. The summed E-state index contributed by atoms with van der Waals surface area (Å²) in [5, 5.41) is 19.2. The summed E-state index contributed by atoms with van der Waals surface area (Å²) < 4.78 is 56.2. The summed E-state index contributed by atoms with van der Waals surface area (Å²) in [6, 6.07) is 7.89. The number of carbonyl (C=O) groups excluding carboxylic acids is 2. The Bertz CT molecular complexity index is 2260. The van der Waals surface area contributed by atoms with Crippen LogP contribution in [0.1, 0.15) is 56.2 Å². The number of nitrogens with zero attached hydrogens (tertiary/aromatic N) is 4. The zero-order valence-electron chi connectivity index (χ0n) is 31.2. The quantitative estimate of drug-likeness (QED) is 0.0645. The number of allylic oxidation sites excluding steroid dienone is 2. The monoisotopic (exact) mass is 795 g/mol. The lowest BCUT2D eigenvalue weighted by atomic mass is 10.0. The van der Waals surface area contributed by atoms with Crippen LogP contribution in [-0.2, 0) is 28.4 Å². The van der Waals surface area contributed by atoms with E-state index in [9.17, 15) is 19.5 Å². The number of primary amides is 1. The lowest BCUT2D eigenvalue weighted by Crippen LogP contribution is -2.37. The summed E-state index contributed by atoms with van der Waals surface area (Å²) in [7, 11) is 2.90. The van der Waals surface area contributed by atoms with Crippen molar-refractivity contribution in [3.8, 4) is 17.2 Å². The zero-order chi connectivity index (χ0) is 40.0. The maximum atomic E-state index is 15.7. The third kappa shape index (κ3) is 9.09. The van der Waals surface area contributed by atoms with Gasteiger partial charge in [0.05, 0.1) is 56.5 Å². The zero-order valence-corrected chi connectivity index (χ0v) is 32.0. The Labute approximate surface area is 324 Å². The second kappa shape index (κ2) is 17.5. The normalized spacial score (nSPS) is 13.8. The first-order valence-electron chi connectivity index (χ1n) is 17.9. The number of fused-ring (bicyclic) bond motifs is 2. The highest BCUT2D eigenvalue weighted by Crippen LogP contribution is 2.47. The Morgan fingerprint density at radius 2 is 1.84 bits per heavy atom. The molecule has 0 spiro atoms. The predicted molar refractivity (Wildman–Crippen MR) is 205 cm³/mol. The molecule has 0 radical (unpaired) electrons. The van der Waals surface area contributed by atoms with Gasteiger partial charge in [-0.25, -0.2) is 13.8 Å². The Hall–Kier alpha value is -5.59. The Kier molecular flexibility index (Phi) is 12.5. The van der Waals surface area contributed by atoms with Crippen LogP contribution in [0.5, 0.6) is 17.2 Å². The Morgan fingerprint density at radius 1 is 1.09 bits per heavy atom. The van der Waals surface area contributed by atoms with Crippen molar-refractivity contribution in [3.63, 3.8) is 0 Å². The molecule has 0 atom stereocenters. The molecule has 5 aromatic rings. The van der Waals surface area contributed by atoms with E-state index >= 15 is 8.78 Å². The summed E-state index contributed by atoms with van der Waals surface area (Å²) in [6.45, 7) is 5.90. The fourth-order valence-electron chi connectivity index (χ4n) is 6.49. The van der Waals surface area contributed by atoms with Crippen LogP contribution in [-0.4, -0.2) is 101 Å². The third-order valence-electron chi connectivity index (χ3n) is 9.31. The first-order chi connectivity index (χ1) is 26.9. The molecule has 0 saturated carbocycles. The number of morpholine rings is 1. The summed E-state index contributed by atoms with van der Waals surface area (Å²) >= 11 is 0.875. The molecule has 0 unspecified atom stereocenters. The van der Waals surface area contributed by atoms with Gasteiger partial charge in [0, 0.05) is 54.3 Å². The van der Waals surface area contributed by atoms with Gasteiger partial charge in [0.1, 0.15) is 17.0 Å². The summed E-state index contributed by atoms with van der Waals surface area (Å²) in [4.78, 5) is 43.6. The third-order valence-corrected chi connectivity index (χ3v) is 10.6. The maximum absolute atomic E-state index is 15.7. The van der Waals surface area contributed by atoms with Gasteiger partial charge < -0.3 is 34.4 Å². The number of ether oxygens (including phenoxy) is 4. The van der Waals surface area contributed by atoms with Crippen LogP contribution >= 0.6 is 11.3 Å². The highest BCUT2D eigenvalue weighted by atomic mass is 32.1. The number of amides is 2. The molecule has 0 bridgehead atoms. The fourth-order valence-corrected chi connectivity index (χ4v) is 7.73. The second-order valence-corrected chi connectivity index (χ2v) is 14.2.